The standard InChI is InChI=1S/C31H25N3O4/c1-30-12-13-31(38-30,14-16-37-21-9-10-24-19(17-21)5-4-15-33-24)27-26(30)28(35)34(29(27)36)25-11-8-20(18-32)22-6-2-3-7-23(22)25/h2-11,15,17,26-27H,12-14,16H2,1H3. The number of fused-ring (bicyclic) bond motifs is 7. The highest BCUT2D eigenvalue weighted by Crippen LogP contribution is 2.62. The van der Waals surface area contributed by atoms with Crippen molar-refractivity contribution in [2.45, 2.75) is 37.4 Å². The molecule has 0 saturated carbocycles. The second-order valence-corrected chi connectivity index (χ2v) is 10.7. The van der Waals surface area contributed by atoms with E-state index in [0.717, 1.165) is 33.8 Å². The van der Waals surface area contributed by atoms with Crippen molar-refractivity contribution in [3.8, 4) is 11.8 Å². The third-order valence-corrected chi connectivity index (χ3v) is 8.64. The van der Waals surface area contributed by atoms with E-state index in [1.54, 1.807) is 18.3 Å². The summed E-state index contributed by atoms with van der Waals surface area (Å²) >= 11 is 0. The first-order chi connectivity index (χ1) is 18.4. The zero-order valence-electron chi connectivity index (χ0n) is 20.9. The summed E-state index contributed by atoms with van der Waals surface area (Å²) in [5.41, 5.74) is 0.503. The number of rotatable bonds is 5. The van der Waals surface area contributed by atoms with Crippen LogP contribution in [0.25, 0.3) is 21.7 Å². The molecule has 0 radical (unpaired) electrons. The lowest BCUT2D eigenvalue weighted by Crippen LogP contribution is -2.43. The average molecular weight is 504 g/mol. The first-order valence-corrected chi connectivity index (χ1v) is 12.9. The van der Waals surface area contributed by atoms with Crippen molar-refractivity contribution in [1.82, 2.24) is 4.98 Å². The predicted molar refractivity (Wildman–Crippen MR) is 141 cm³/mol. The van der Waals surface area contributed by atoms with Crippen LogP contribution in [0, 0.1) is 23.2 Å². The van der Waals surface area contributed by atoms with Crippen molar-refractivity contribution in [3.63, 3.8) is 0 Å². The van der Waals surface area contributed by atoms with Gasteiger partial charge in [-0.15, -0.1) is 0 Å². The minimum atomic E-state index is -0.748. The number of nitrogens with zero attached hydrogens (tertiary/aromatic N) is 3. The molecule has 3 saturated heterocycles. The Morgan fingerprint density at radius 1 is 1.03 bits per heavy atom. The average Bonchev–Trinajstić information content (AvgIpc) is 3.52. The maximum atomic E-state index is 14.0. The van der Waals surface area contributed by atoms with Gasteiger partial charge >= 0.3 is 0 Å². The molecule has 0 aliphatic carbocycles. The van der Waals surface area contributed by atoms with Crippen LogP contribution >= 0.6 is 0 Å². The quantitative estimate of drug-likeness (QED) is 0.350. The van der Waals surface area contributed by atoms with Crippen LogP contribution in [0.4, 0.5) is 5.69 Å². The minimum Gasteiger partial charge on any atom is -0.493 e. The molecule has 4 atom stereocenters. The van der Waals surface area contributed by atoms with Crippen molar-refractivity contribution < 1.29 is 19.1 Å². The third-order valence-electron chi connectivity index (χ3n) is 8.64. The SMILES string of the molecule is CC12CCC(CCOc3ccc4ncccc4c3)(O1)C1C(=O)N(c3ccc(C#N)c4ccccc34)C(=O)C12. The molecule has 7 nitrogen and oxygen atoms in total. The highest BCUT2D eigenvalue weighted by molar-refractivity contribution is 6.26. The van der Waals surface area contributed by atoms with Gasteiger partial charge in [0.15, 0.2) is 0 Å². The molecule has 3 aromatic carbocycles. The van der Waals surface area contributed by atoms with Crippen LogP contribution in [0.15, 0.2) is 72.9 Å². The van der Waals surface area contributed by atoms with Crippen LogP contribution in [0.1, 0.15) is 31.7 Å². The van der Waals surface area contributed by atoms with E-state index >= 15 is 0 Å². The van der Waals surface area contributed by atoms with E-state index in [0.29, 0.717) is 30.7 Å². The van der Waals surface area contributed by atoms with Crippen molar-refractivity contribution >= 4 is 39.2 Å². The van der Waals surface area contributed by atoms with Gasteiger partial charge in [0.25, 0.3) is 0 Å². The molecule has 3 aliphatic heterocycles. The van der Waals surface area contributed by atoms with E-state index in [-0.39, 0.29) is 11.8 Å². The van der Waals surface area contributed by atoms with E-state index in [4.69, 9.17) is 9.47 Å². The molecule has 4 aromatic rings. The molecular weight excluding hydrogens is 478 g/mol. The van der Waals surface area contributed by atoms with Gasteiger partial charge in [-0.05, 0) is 56.2 Å². The number of benzene rings is 3. The summed E-state index contributed by atoms with van der Waals surface area (Å²) in [5.74, 6) is -0.814. The lowest BCUT2D eigenvalue weighted by atomic mass is 9.67. The van der Waals surface area contributed by atoms with Crippen LogP contribution in [-0.4, -0.2) is 34.6 Å². The molecule has 7 rings (SSSR count). The van der Waals surface area contributed by atoms with Crippen molar-refractivity contribution in [2.75, 3.05) is 11.5 Å². The predicted octanol–water partition coefficient (Wildman–Crippen LogP) is 5.16. The molecule has 7 heteroatoms. The van der Waals surface area contributed by atoms with Gasteiger partial charge < -0.3 is 9.47 Å². The number of hydrogen-bond donors (Lipinski definition) is 0. The Kier molecular flexibility index (Phi) is 4.88. The van der Waals surface area contributed by atoms with Gasteiger partial charge in [0.05, 0.1) is 52.5 Å². The second kappa shape index (κ2) is 8.11. The molecular formula is C31H25N3O4. The number of carbonyl (C=O) groups is 2. The Bertz CT molecular complexity index is 1690. The molecule has 0 spiro atoms. The summed E-state index contributed by atoms with van der Waals surface area (Å²) in [6, 6.07) is 22.7. The third kappa shape index (κ3) is 3.13. The Morgan fingerprint density at radius 3 is 2.68 bits per heavy atom. The Labute approximate surface area is 219 Å². The summed E-state index contributed by atoms with van der Waals surface area (Å²) in [4.78, 5) is 33.6. The van der Waals surface area contributed by atoms with Gasteiger partial charge in [0, 0.05) is 28.8 Å². The number of nitriles is 1. The normalized spacial score (nSPS) is 27.7. The number of amides is 2. The first-order valence-electron chi connectivity index (χ1n) is 12.9. The zero-order valence-corrected chi connectivity index (χ0v) is 20.9. The fourth-order valence-electron chi connectivity index (χ4n) is 6.91. The summed E-state index contributed by atoms with van der Waals surface area (Å²) in [5, 5.41) is 12.0. The number of aromatic nitrogens is 1. The molecule has 1 aromatic heterocycles. The van der Waals surface area contributed by atoms with Gasteiger partial charge in [0.1, 0.15) is 5.75 Å². The second-order valence-electron chi connectivity index (χ2n) is 10.7. The Hall–Kier alpha value is -4.28. The van der Waals surface area contributed by atoms with Crippen LogP contribution in [0.5, 0.6) is 5.75 Å². The van der Waals surface area contributed by atoms with E-state index in [1.165, 1.54) is 4.90 Å². The smallest absolute Gasteiger partial charge is 0.240 e. The van der Waals surface area contributed by atoms with E-state index < -0.39 is 23.0 Å². The topological polar surface area (TPSA) is 92.5 Å². The molecule has 2 amide bonds. The lowest BCUT2D eigenvalue weighted by molar-refractivity contribution is -0.131. The van der Waals surface area contributed by atoms with E-state index in [1.807, 2.05) is 61.5 Å². The van der Waals surface area contributed by atoms with Crippen LogP contribution in [-0.2, 0) is 14.3 Å². The highest BCUT2D eigenvalue weighted by atomic mass is 16.5. The molecule has 4 unspecified atom stereocenters. The molecule has 4 heterocycles. The summed E-state index contributed by atoms with van der Waals surface area (Å²) in [6.07, 6.45) is 3.69. The van der Waals surface area contributed by atoms with Gasteiger partial charge in [-0.1, -0.05) is 30.3 Å². The number of imide groups is 1. The zero-order chi connectivity index (χ0) is 26.1. The van der Waals surface area contributed by atoms with Crippen molar-refractivity contribution in [1.29, 1.82) is 5.26 Å². The largest absolute Gasteiger partial charge is 0.493 e. The monoisotopic (exact) mass is 503 g/mol. The Balaban J connectivity index is 1.19. The highest BCUT2D eigenvalue weighted by Gasteiger charge is 2.73. The lowest BCUT2D eigenvalue weighted by Gasteiger charge is -2.31. The van der Waals surface area contributed by atoms with E-state index in [2.05, 4.69) is 11.1 Å². The van der Waals surface area contributed by atoms with Crippen LogP contribution < -0.4 is 9.64 Å². The fourth-order valence-corrected chi connectivity index (χ4v) is 6.91. The van der Waals surface area contributed by atoms with Gasteiger partial charge in [-0.25, -0.2) is 4.90 Å². The Morgan fingerprint density at radius 2 is 1.84 bits per heavy atom. The van der Waals surface area contributed by atoms with Gasteiger partial charge in [-0.2, -0.15) is 5.26 Å². The summed E-state index contributed by atoms with van der Waals surface area (Å²) < 4.78 is 12.7. The number of pyridine rings is 1. The van der Waals surface area contributed by atoms with Crippen molar-refractivity contribution in [3.05, 3.63) is 78.5 Å². The fraction of sp³-hybridized carbons (Fsp3) is 0.290. The molecule has 3 fully saturated rings. The summed E-state index contributed by atoms with van der Waals surface area (Å²) in [7, 11) is 0. The van der Waals surface area contributed by atoms with E-state index in [9.17, 15) is 14.9 Å². The number of hydrogen-bond acceptors (Lipinski definition) is 6. The molecule has 2 bridgehead atoms. The van der Waals surface area contributed by atoms with Crippen LogP contribution in [0.2, 0.25) is 0 Å². The maximum absolute atomic E-state index is 14.0. The van der Waals surface area contributed by atoms with Crippen LogP contribution in [0.3, 0.4) is 0 Å². The minimum absolute atomic E-state index is 0.220. The molecule has 0 N–H and O–H groups in total. The molecule has 38 heavy (non-hydrogen) atoms. The van der Waals surface area contributed by atoms with Gasteiger partial charge in [-0.3, -0.25) is 14.6 Å². The number of ether oxygens (including phenoxy) is 2. The number of anilines is 1. The molecule has 188 valence electrons. The maximum Gasteiger partial charge on any atom is 0.240 e. The first kappa shape index (κ1) is 22.9. The number of carbonyl (C=O) groups excluding carboxylic acids is 2. The molecule has 3 aliphatic rings. The summed E-state index contributed by atoms with van der Waals surface area (Å²) in [6.45, 7) is 2.33. The van der Waals surface area contributed by atoms with Crippen molar-refractivity contribution in [2.24, 2.45) is 11.8 Å². The van der Waals surface area contributed by atoms with Gasteiger partial charge in [0.2, 0.25) is 11.8 Å².